The highest BCUT2D eigenvalue weighted by Gasteiger charge is 2.14. The van der Waals surface area contributed by atoms with Gasteiger partial charge >= 0.3 is 0 Å². The normalized spacial score (nSPS) is 11.7. The molecule has 0 aliphatic carbocycles. The van der Waals surface area contributed by atoms with E-state index in [0.717, 1.165) is 11.3 Å². The number of rotatable bonds is 1. The number of hydrogen-bond donors (Lipinski definition) is 2. The summed E-state index contributed by atoms with van der Waals surface area (Å²) >= 11 is 0. The summed E-state index contributed by atoms with van der Waals surface area (Å²) in [5.74, 6) is 0.0242. The second kappa shape index (κ2) is 3.67. The lowest BCUT2D eigenvalue weighted by molar-refractivity contribution is 0.452. The van der Waals surface area contributed by atoms with Gasteiger partial charge in [0.25, 0.3) is 0 Å². The lowest BCUT2D eigenvalue weighted by Crippen LogP contribution is -2.10. The number of benzene rings is 1. The van der Waals surface area contributed by atoms with Crippen LogP contribution in [-0.4, -0.2) is 15.3 Å². The Labute approximate surface area is 95.1 Å². The van der Waals surface area contributed by atoms with Gasteiger partial charge in [0, 0.05) is 6.07 Å². The summed E-state index contributed by atoms with van der Waals surface area (Å²) in [5, 5.41) is 15.7. The summed E-state index contributed by atoms with van der Waals surface area (Å²) in [4.78, 5) is 0. The van der Waals surface area contributed by atoms with Crippen molar-refractivity contribution >= 4 is 0 Å². The first kappa shape index (κ1) is 10.7. The van der Waals surface area contributed by atoms with Crippen LogP contribution in [0.3, 0.4) is 0 Å². The van der Waals surface area contributed by atoms with Gasteiger partial charge in [-0.25, -0.2) is 0 Å². The van der Waals surface area contributed by atoms with Gasteiger partial charge in [-0.1, -0.05) is 39.0 Å². The standard InChI is InChI=1S/C13H16N2O/c1-13(2,3)10-6-4-5-9(7-10)11-8-12(16)15-14-11/h4-8H,1-3H3,(H2,14,15,16). The molecule has 0 fully saturated rings. The Bertz CT molecular complexity index is 495. The molecule has 0 bridgehead atoms. The number of nitrogens with zero attached hydrogens (tertiary/aromatic N) is 1. The molecule has 2 aromatic rings. The number of aromatic hydroxyl groups is 1. The Morgan fingerprint density at radius 2 is 1.94 bits per heavy atom. The van der Waals surface area contributed by atoms with Gasteiger partial charge in [-0.05, 0) is 22.6 Å². The van der Waals surface area contributed by atoms with Crippen molar-refractivity contribution in [3.05, 3.63) is 35.9 Å². The molecule has 3 nitrogen and oxygen atoms in total. The highest BCUT2D eigenvalue weighted by molar-refractivity contribution is 5.61. The van der Waals surface area contributed by atoms with Gasteiger partial charge in [-0.2, -0.15) is 0 Å². The molecule has 0 unspecified atom stereocenters. The fourth-order valence-electron chi connectivity index (χ4n) is 1.61. The lowest BCUT2D eigenvalue weighted by atomic mass is 9.86. The van der Waals surface area contributed by atoms with Gasteiger partial charge < -0.3 is 5.11 Å². The molecule has 3 heteroatoms. The molecule has 1 aromatic carbocycles. The van der Waals surface area contributed by atoms with Crippen molar-refractivity contribution < 1.29 is 5.11 Å². The summed E-state index contributed by atoms with van der Waals surface area (Å²) in [6.45, 7) is 6.53. The van der Waals surface area contributed by atoms with E-state index in [-0.39, 0.29) is 11.3 Å². The fraction of sp³-hybridized carbons (Fsp3) is 0.308. The Hall–Kier alpha value is -1.77. The van der Waals surface area contributed by atoms with Crippen LogP contribution in [0.25, 0.3) is 11.3 Å². The molecule has 84 valence electrons. The van der Waals surface area contributed by atoms with E-state index in [2.05, 4.69) is 43.1 Å². The smallest absolute Gasteiger partial charge is 0.230 e. The van der Waals surface area contributed by atoms with Crippen molar-refractivity contribution in [3.63, 3.8) is 0 Å². The molecule has 0 saturated carbocycles. The van der Waals surface area contributed by atoms with Crippen LogP contribution in [0.4, 0.5) is 0 Å². The predicted octanol–water partition coefficient (Wildman–Crippen LogP) is 3.08. The van der Waals surface area contributed by atoms with Gasteiger partial charge in [-0.15, -0.1) is 5.10 Å². The molecule has 0 amide bonds. The highest BCUT2D eigenvalue weighted by atomic mass is 16.3. The summed E-state index contributed by atoms with van der Waals surface area (Å²) in [5.41, 5.74) is 3.26. The Morgan fingerprint density at radius 1 is 1.19 bits per heavy atom. The number of hydrogen-bond acceptors (Lipinski definition) is 2. The molecule has 2 N–H and O–H groups in total. The molecule has 1 aromatic heterocycles. The third-order valence-corrected chi connectivity index (χ3v) is 2.60. The third-order valence-electron chi connectivity index (χ3n) is 2.60. The average molecular weight is 216 g/mol. The maximum atomic E-state index is 9.20. The zero-order valence-electron chi connectivity index (χ0n) is 9.78. The molecule has 0 atom stereocenters. The van der Waals surface area contributed by atoms with E-state index in [1.165, 1.54) is 5.56 Å². The zero-order valence-corrected chi connectivity index (χ0v) is 9.78. The van der Waals surface area contributed by atoms with E-state index < -0.39 is 0 Å². The van der Waals surface area contributed by atoms with Gasteiger partial charge in [0.2, 0.25) is 5.88 Å². The quantitative estimate of drug-likeness (QED) is 0.769. The van der Waals surface area contributed by atoms with Crippen LogP contribution < -0.4 is 0 Å². The van der Waals surface area contributed by atoms with Gasteiger partial charge in [-0.3, -0.25) is 5.10 Å². The zero-order chi connectivity index (χ0) is 11.8. The Morgan fingerprint density at radius 3 is 2.50 bits per heavy atom. The summed E-state index contributed by atoms with van der Waals surface area (Å²) < 4.78 is 0. The third kappa shape index (κ3) is 2.08. The van der Waals surface area contributed by atoms with Crippen LogP contribution >= 0.6 is 0 Å². The molecule has 16 heavy (non-hydrogen) atoms. The van der Waals surface area contributed by atoms with Crippen LogP contribution in [0.5, 0.6) is 5.88 Å². The first-order valence-electron chi connectivity index (χ1n) is 5.32. The molecule has 0 aliphatic heterocycles. The first-order valence-corrected chi connectivity index (χ1v) is 5.32. The first-order chi connectivity index (χ1) is 7.47. The van der Waals surface area contributed by atoms with Gasteiger partial charge in [0.15, 0.2) is 0 Å². The second-order valence-electron chi connectivity index (χ2n) is 4.97. The molecule has 1 heterocycles. The van der Waals surface area contributed by atoms with Gasteiger partial charge in [0.1, 0.15) is 0 Å². The van der Waals surface area contributed by atoms with Crippen LogP contribution in [0.15, 0.2) is 30.3 Å². The largest absolute Gasteiger partial charge is 0.492 e. The van der Waals surface area contributed by atoms with Crippen molar-refractivity contribution in [1.29, 1.82) is 0 Å². The van der Waals surface area contributed by atoms with Crippen LogP contribution in [0, 0.1) is 0 Å². The number of H-pyrrole nitrogens is 1. The molecular formula is C13H16N2O. The summed E-state index contributed by atoms with van der Waals surface area (Å²) in [7, 11) is 0. The van der Waals surface area contributed by atoms with Crippen LogP contribution in [0.1, 0.15) is 26.3 Å². The number of aromatic nitrogens is 2. The minimum atomic E-state index is 0.0242. The van der Waals surface area contributed by atoms with E-state index in [0.29, 0.717) is 0 Å². The maximum Gasteiger partial charge on any atom is 0.230 e. The molecule has 0 radical (unpaired) electrons. The summed E-state index contributed by atoms with van der Waals surface area (Å²) in [6, 6.07) is 9.88. The monoisotopic (exact) mass is 216 g/mol. The van der Waals surface area contributed by atoms with Crippen molar-refractivity contribution in [1.82, 2.24) is 10.2 Å². The summed E-state index contributed by atoms with van der Waals surface area (Å²) in [6.07, 6.45) is 0. The maximum absolute atomic E-state index is 9.20. The van der Waals surface area contributed by atoms with E-state index >= 15 is 0 Å². The molecule has 2 rings (SSSR count). The minimum Gasteiger partial charge on any atom is -0.492 e. The van der Waals surface area contributed by atoms with E-state index in [1.807, 2.05) is 12.1 Å². The van der Waals surface area contributed by atoms with E-state index in [9.17, 15) is 5.11 Å². The molecule has 0 aliphatic rings. The van der Waals surface area contributed by atoms with Crippen molar-refractivity contribution in [2.75, 3.05) is 0 Å². The van der Waals surface area contributed by atoms with Crippen molar-refractivity contribution in [2.45, 2.75) is 26.2 Å². The van der Waals surface area contributed by atoms with Crippen molar-refractivity contribution in [2.24, 2.45) is 0 Å². The SMILES string of the molecule is CC(C)(C)c1cccc(-c2cc(O)n[nH]2)c1. The van der Waals surface area contributed by atoms with Crippen LogP contribution in [0.2, 0.25) is 0 Å². The number of aromatic amines is 1. The molecular weight excluding hydrogens is 200 g/mol. The minimum absolute atomic E-state index is 0.0242. The van der Waals surface area contributed by atoms with Crippen molar-refractivity contribution in [3.8, 4) is 17.1 Å². The fourth-order valence-corrected chi connectivity index (χ4v) is 1.61. The predicted molar refractivity (Wildman–Crippen MR) is 64.4 cm³/mol. The molecule has 0 saturated heterocycles. The lowest BCUT2D eigenvalue weighted by Gasteiger charge is -2.19. The Kier molecular flexibility index (Phi) is 2.46. The van der Waals surface area contributed by atoms with Gasteiger partial charge in [0.05, 0.1) is 5.69 Å². The van der Waals surface area contributed by atoms with E-state index in [1.54, 1.807) is 6.07 Å². The van der Waals surface area contributed by atoms with Crippen LogP contribution in [-0.2, 0) is 5.41 Å². The highest BCUT2D eigenvalue weighted by Crippen LogP contribution is 2.27. The molecule has 0 spiro atoms. The second-order valence-corrected chi connectivity index (χ2v) is 4.97. The topological polar surface area (TPSA) is 48.9 Å². The van der Waals surface area contributed by atoms with E-state index in [4.69, 9.17) is 0 Å². The Balaban J connectivity index is 2.44. The average Bonchev–Trinajstić information content (AvgIpc) is 2.64. The number of nitrogens with one attached hydrogen (secondary N) is 1.